The Balaban J connectivity index is 0.00000242. The Morgan fingerprint density at radius 1 is 1.27 bits per heavy atom. The van der Waals surface area contributed by atoms with E-state index in [1.165, 1.54) is 7.11 Å². The number of halogens is 1. The van der Waals surface area contributed by atoms with Gasteiger partial charge in [-0.15, -0.1) is 12.4 Å². The number of carbonyl (C=O) groups is 2. The van der Waals surface area contributed by atoms with E-state index in [-0.39, 0.29) is 24.2 Å². The maximum atomic E-state index is 12.3. The number of methoxy groups -OCH3 is 1. The number of rotatable bonds is 5. The highest BCUT2D eigenvalue weighted by Gasteiger charge is 2.27. The summed E-state index contributed by atoms with van der Waals surface area (Å²) in [5.74, 6) is -0.474. The van der Waals surface area contributed by atoms with E-state index in [9.17, 15) is 9.59 Å². The molecule has 1 aliphatic rings. The number of ether oxygens (including phenoxy) is 1. The lowest BCUT2D eigenvalue weighted by molar-refractivity contribution is -0.145. The van der Waals surface area contributed by atoms with Crippen molar-refractivity contribution < 1.29 is 14.3 Å². The van der Waals surface area contributed by atoms with E-state index in [4.69, 9.17) is 4.74 Å². The first-order chi connectivity index (χ1) is 10.2. The van der Waals surface area contributed by atoms with Crippen LogP contribution in [0.4, 0.5) is 0 Å². The molecule has 0 saturated carbocycles. The van der Waals surface area contributed by atoms with Gasteiger partial charge in [0.05, 0.1) is 7.11 Å². The van der Waals surface area contributed by atoms with Gasteiger partial charge in [0.15, 0.2) is 0 Å². The number of carbonyl (C=O) groups excluding carboxylic acids is 2. The molecule has 1 amide bonds. The van der Waals surface area contributed by atoms with Gasteiger partial charge >= 0.3 is 5.97 Å². The summed E-state index contributed by atoms with van der Waals surface area (Å²) < 4.78 is 4.81. The molecule has 1 aromatic carbocycles. The summed E-state index contributed by atoms with van der Waals surface area (Å²) in [7, 11) is 1.34. The van der Waals surface area contributed by atoms with Crippen LogP contribution in [0.3, 0.4) is 0 Å². The van der Waals surface area contributed by atoms with Crippen molar-refractivity contribution in [3.8, 4) is 0 Å². The third kappa shape index (κ3) is 5.31. The zero-order valence-corrected chi connectivity index (χ0v) is 13.5. The van der Waals surface area contributed by atoms with Crippen LogP contribution in [0.1, 0.15) is 18.4 Å². The van der Waals surface area contributed by atoms with Gasteiger partial charge in [-0.25, -0.2) is 4.79 Å². The molecule has 0 aliphatic carbocycles. The van der Waals surface area contributed by atoms with E-state index in [1.807, 2.05) is 30.3 Å². The zero-order valence-electron chi connectivity index (χ0n) is 12.7. The van der Waals surface area contributed by atoms with Gasteiger partial charge in [0.1, 0.15) is 6.04 Å². The van der Waals surface area contributed by atoms with E-state index < -0.39 is 12.0 Å². The highest BCUT2D eigenvalue weighted by molar-refractivity contribution is 5.86. The quantitative estimate of drug-likeness (QED) is 0.801. The molecule has 2 rings (SSSR count). The largest absolute Gasteiger partial charge is 0.467 e. The second-order valence-electron chi connectivity index (χ2n) is 5.30. The van der Waals surface area contributed by atoms with Gasteiger partial charge in [-0.3, -0.25) is 4.79 Å². The Kier molecular flexibility index (Phi) is 7.91. The van der Waals surface area contributed by atoms with Crippen LogP contribution in [0.5, 0.6) is 0 Å². The molecular formula is C16H23ClN2O3. The van der Waals surface area contributed by atoms with Gasteiger partial charge in [0.2, 0.25) is 5.91 Å². The van der Waals surface area contributed by atoms with Gasteiger partial charge in [-0.2, -0.15) is 0 Å². The smallest absolute Gasteiger partial charge is 0.328 e. The van der Waals surface area contributed by atoms with Crippen LogP contribution in [-0.2, 0) is 20.7 Å². The SMILES string of the molecule is COC(=O)C(Cc1ccccc1)NC(=O)C1CCNCC1.Cl. The van der Waals surface area contributed by atoms with Crippen molar-refractivity contribution in [1.29, 1.82) is 0 Å². The number of hydrogen-bond acceptors (Lipinski definition) is 4. The lowest BCUT2D eigenvalue weighted by Gasteiger charge is -2.24. The Hall–Kier alpha value is -1.59. The summed E-state index contributed by atoms with van der Waals surface area (Å²) in [4.78, 5) is 24.2. The molecule has 1 saturated heterocycles. The predicted molar refractivity (Wildman–Crippen MR) is 86.9 cm³/mol. The molecule has 0 bridgehead atoms. The third-order valence-corrected chi connectivity index (χ3v) is 3.79. The van der Waals surface area contributed by atoms with Crippen LogP contribution in [-0.4, -0.2) is 38.1 Å². The van der Waals surface area contributed by atoms with E-state index >= 15 is 0 Å². The van der Waals surface area contributed by atoms with Gasteiger partial charge in [-0.05, 0) is 31.5 Å². The molecule has 122 valence electrons. The lowest BCUT2D eigenvalue weighted by atomic mass is 9.96. The topological polar surface area (TPSA) is 67.4 Å². The maximum absolute atomic E-state index is 12.3. The van der Waals surface area contributed by atoms with Crippen LogP contribution in [0, 0.1) is 5.92 Å². The second kappa shape index (κ2) is 9.43. The minimum Gasteiger partial charge on any atom is -0.467 e. The van der Waals surface area contributed by atoms with Gasteiger partial charge in [-0.1, -0.05) is 30.3 Å². The molecule has 22 heavy (non-hydrogen) atoms. The third-order valence-electron chi connectivity index (χ3n) is 3.79. The van der Waals surface area contributed by atoms with Crippen molar-refractivity contribution >= 4 is 24.3 Å². The lowest BCUT2D eigenvalue weighted by Crippen LogP contribution is -2.47. The van der Waals surface area contributed by atoms with Gasteiger partial charge < -0.3 is 15.4 Å². The average Bonchev–Trinajstić information content (AvgIpc) is 2.55. The van der Waals surface area contributed by atoms with Crippen molar-refractivity contribution in [3.05, 3.63) is 35.9 Å². The van der Waals surface area contributed by atoms with E-state index in [2.05, 4.69) is 10.6 Å². The summed E-state index contributed by atoms with van der Waals surface area (Å²) in [6.45, 7) is 1.69. The fourth-order valence-electron chi connectivity index (χ4n) is 2.56. The van der Waals surface area contributed by atoms with Gasteiger partial charge in [0, 0.05) is 12.3 Å². The first-order valence-corrected chi connectivity index (χ1v) is 7.33. The van der Waals surface area contributed by atoms with Crippen LogP contribution >= 0.6 is 12.4 Å². The maximum Gasteiger partial charge on any atom is 0.328 e. The molecule has 1 unspecified atom stereocenters. The van der Waals surface area contributed by atoms with E-state index in [0.29, 0.717) is 6.42 Å². The van der Waals surface area contributed by atoms with E-state index in [0.717, 1.165) is 31.5 Å². The van der Waals surface area contributed by atoms with Crippen molar-refractivity contribution in [2.75, 3.05) is 20.2 Å². The Labute approximate surface area is 137 Å². The number of esters is 1. The predicted octanol–water partition coefficient (Wildman–Crippen LogP) is 1.31. The first kappa shape index (κ1) is 18.5. The molecule has 0 radical (unpaired) electrons. The molecule has 0 aromatic heterocycles. The molecular weight excluding hydrogens is 304 g/mol. The normalized spacial score (nSPS) is 16.2. The summed E-state index contributed by atoms with van der Waals surface area (Å²) in [6, 6.07) is 9.00. The standard InChI is InChI=1S/C16H22N2O3.ClH/c1-21-16(20)14(11-12-5-3-2-4-6-12)18-15(19)13-7-9-17-10-8-13;/h2-6,13-14,17H,7-11H2,1H3,(H,18,19);1H. The summed E-state index contributed by atoms with van der Waals surface area (Å²) >= 11 is 0. The molecule has 1 atom stereocenters. The van der Waals surface area contributed by atoms with Crippen molar-refractivity contribution in [3.63, 3.8) is 0 Å². The van der Waals surface area contributed by atoms with Crippen molar-refractivity contribution in [2.45, 2.75) is 25.3 Å². The molecule has 1 aromatic rings. The Morgan fingerprint density at radius 2 is 1.91 bits per heavy atom. The molecule has 1 heterocycles. The highest BCUT2D eigenvalue weighted by Crippen LogP contribution is 2.13. The average molecular weight is 327 g/mol. The number of hydrogen-bond donors (Lipinski definition) is 2. The number of benzene rings is 1. The van der Waals surface area contributed by atoms with Crippen molar-refractivity contribution in [2.24, 2.45) is 5.92 Å². The minimum atomic E-state index is -0.625. The Bertz CT molecular complexity index is 476. The fourth-order valence-corrected chi connectivity index (χ4v) is 2.56. The Morgan fingerprint density at radius 3 is 2.50 bits per heavy atom. The highest BCUT2D eigenvalue weighted by atomic mass is 35.5. The number of piperidine rings is 1. The molecule has 2 N–H and O–H groups in total. The molecule has 1 aliphatic heterocycles. The van der Waals surface area contributed by atoms with Crippen LogP contribution < -0.4 is 10.6 Å². The monoisotopic (exact) mass is 326 g/mol. The first-order valence-electron chi connectivity index (χ1n) is 7.33. The molecule has 1 fully saturated rings. The molecule has 6 heteroatoms. The summed E-state index contributed by atoms with van der Waals surface area (Å²) in [6.07, 6.45) is 2.07. The summed E-state index contributed by atoms with van der Waals surface area (Å²) in [5, 5.41) is 6.07. The van der Waals surface area contributed by atoms with E-state index in [1.54, 1.807) is 0 Å². The molecule has 5 nitrogen and oxygen atoms in total. The number of amides is 1. The van der Waals surface area contributed by atoms with Crippen LogP contribution in [0.15, 0.2) is 30.3 Å². The summed E-state index contributed by atoms with van der Waals surface area (Å²) in [5.41, 5.74) is 0.999. The zero-order chi connectivity index (χ0) is 15.1. The minimum absolute atomic E-state index is 0. The number of nitrogens with one attached hydrogen (secondary N) is 2. The van der Waals surface area contributed by atoms with Crippen LogP contribution in [0.2, 0.25) is 0 Å². The van der Waals surface area contributed by atoms with Crippen LogP contribution in [0.25, 0.3) is 0 Å². The van der Waals surface area contributed by atoms with Gasteiger partial charge in [0.25, 0.3) is 0 Å². The van der Waals surface area contributed by atoms with Crippen molar-refractivity contribution in [1.82, 2.24) is 10.6 Å². The molecule has 0 spiro atoms. The fraction of sp³-hybridized carbons (Fsp3) is 0.500. The second-order valence-corrected chi connectivity index (χ2v) is 5.30.